The van der Waals surface area contributed by atoms with Gasteiger partial charge in [-0.25, -0.2) is 0 Å². The van der Waals surface area contributed by atoms with Gasteiger partial charge < -0.3 is 20.4 Å². The Morgan fingerprint density at radius 1 is 0.962 bits per heavy atom. The number of hydrogen-bond donors (Lipinski definition) is 2. The maximum atomic E-state index is 12.1. The first kappa shape index (κ1) is 18.9. The maximum absolute atomic E-state index is 12.1. The number of hydrogen-bond acceptors (Lipinski definition) is 6. The van der Waals surface area contributed by atoms with E-state index in [1.54, 1.807) is 4.90 Å². The smallest absolute Gasteiger partial charge is 0.253 e. The zero-order valence-corrected chi connectivity index (χ0v) is 15.9. The molecule has 2 fully saturated rings. The lowest BCUT2D eigenvalue weighted by Gasteiger charge is -2.43. The molecule has 1 aliphatic carbocycles. The van der Waals surface area contributed by atoms with Crippen LogP contribution in [0.25, 0.3) is 0 Å². The molecule has 1 saturated carbocycles. The van der Waals surface area contributed by atoms with Crippen LogP contribution >= 0.6 is 0 Å². The molecule has 144 valence electrons. The molecule has 1 heterocycles. The topological polar surface area (TPSA) is 81.8 Å². The first-order valence-corrected chi connectivity index (χ1v) is 9.71. The van der Waals surface area contributed by atoms with E-state index in [1.807, 2.05) is 0 Å². The van der Waals surface area contributed by atoms with Gasteiger partial charge in [-0.2, -0.15) is 0 Å². The zero-order valence-electron chi connectivity index (χ0n) is 15.9. The molecule has 0 radical (unpaired) electrons. The van der Waals surface area contributed by atoms with Crippen LogP contribution in [0, 0.1) is 0 Å². The lowest BCUT2D eigenvalue weighted by molar-refractivity contribution is -0.128. The van der Waals surface area contributed by atoms with Crippen LogP contribution in [0.15, 0.2) is 9.59 Å². The maximum Gasteiger partial charge on any atom is 0.253 e. The highest BCUT2D eigenvalue weighted by atomic mass is 16.2. The van der Waals surface area contributed by atoms with E-state index in [4.69, 9.17) is 0 Å². The first-order valence-electron chi connectivity index (χ1n) is 9.71. The summed E-state index contributed by atoms with van der Waals surface area (Å²) in [6.07, 6.45) is 7.84. The van der Waals surface area contributed by atoms with E-state index in [1.165, 1.54) is 19.3 Å². The number of likely N-dealkylation sites (tertiary alicyclic amines) is 1. The number of rotatable bonds is 7. The van der Waals surface area contributed by atoms with E-state index in [0.717, 1.165) is 38.8 Å². The summed E-state index contributed by atoms with van der Waals surface area (Å²) in [6, 6.07) is 0. The highest BCUT2D eigenvalue weighted by molar-refractivity contribution is 5.84. The number of amides is 1. The Hall–Kier alpha value is -1.89. The summed E-state index contributed by atoms with van der Waals surface area (Å²) in [5, 5.41) is 6.11. The Labute approximate surface area is 154 Å². The van der Waals surface area contributed by atoms with Gasteiger partial charge in [-0.1, -0.05) is 19.3 Å². The van der Waals surface area contributed by atoms with Gasteiger partial charge >= 0.3 is 0 Å². The fraction of sp³-hybridized carbons (Fsp3) is 0.737. The normalized spacial score (nSPS) is 19.9. The van der Waals surface area contributed by atoms with Crippen LogP contribution in [0.3, 0.4) is 0 Å². The minimum absolute atomic E-state index is 0.0145. The van der Waals surface area contributed by atoms with Crippen molar-refractivity contribution in [2.45, 2.75) is 50.5 Å². The van der Waals surface area contributed by atoms with Gasteiger partial charge in [0.15, 0.2) is 0 Å². The molecular weight excluding hydrogens is 332 g/mol. The van der Waals surface area contributed by atoms with Gasteiger partial charge in [0.2, 0.25) is 5.91 Å². The zero-order chi connectivity index (χ0) is 18.7. The van der Waals surface area contributed by atoms with Crippen molar-refractivity contribution in [3.05, 3.63) is 20.4 Å². The van der Waals surface area contributed by atoms with E-state index in [2.05, 4.69) is 29.6 Å². The predicted molar refractivity (Wildman–Crippen MR) is 104 cm³/mol. The molecule has 0 atom stereocenters. The molecule has 0 bridgehead atoms. The Morgan fingerprint density at radius 2 is 1.54 bits per heavy atom. The molecule has 0 unspecified atom stereocenters. The minimum Gasteiger partial charge on any atom is -0.378 e. The summed E-state index contributed by atoms with van der Waals surface area (Å²) in [5.41, 5.74) is -0.376. The second-order valence-corrected chi connectivity index (χ2v) is 7.88. The number of anilines is 2. The molecule has 0 spiro atoms. The van der Waals surface area contributed by atoms with Gasteiger partial charge in [-0.3, -0.25) is 14.4 Å². The van der Waals surface area contributed by atoms with Crippen LogP contribution in [0.5, 0.6) is 0 Å². The Morgan fingerprint density at radius 3 is 2.12 bits per heavy atom. The summed E-state index contributed by atoms with van der Waals surface area (Å²) in [7, 11) is 4.14. The molecular formula is C19H30N4O3. The third kappa shape index (κ3) is 3.63. The molecule has 1 aromatic carbocycles. The first-order chi connectivity index (χ1) is 12.4. The summed E-state index contributed by atoms with van der Waals surface area (Å²) < 4.78 is 0. The Balaban J connectivity index is 1.62. The third-order valence-corrected chi connectivity index (χ3v) is 6.11. The van der Waals surface area contributed by atoms with E-state index in [0.29, 0.717) is 12.2 Å². The van der Waals surface area contributed by atoms with Gasteiger partial charge in [-0.15, -0.1) is 0 Å². The quantitative estimate of drug-likeness (QED) is 0.704. The van der Waals surface area contributed by atoms with E-state index >= 15 is 0 Å². The molecule has 2 aliphatic rings. The van der Waals surface area contributed by atoms with Crippen LogP contribution in [-0.4, -0.2) is 61.5 Å². The average molecular weight is 362 g/mol. The van der Waals surface area contributed by atoms with Crippen LogP contribution in [0.2, 0.25) is 0 Å². The fourth-order valence-electron chi connectivity index (χ4n) is 4.22. The summed E-state index contributed by atoms with van der Waals surface area (Å²) in [6.45, 7) is 2.27. The lowest BCUT2D eigenvalue weighted by Crippen LogP contribution is -2.52. The monoisotopic (exact) mass is 362 g/mol. The van der Waals surface area contributed by atoms with Gasteiger partial charge in [-0.05, 0) is 39.8 Å². The van der Waals surface area contributed by atoms with Crippen LogP contribution < -0.4 is 21.5 Å². The number of nitrogens with one attached hydrogen (secondary N) is 2. The third-order valence-electron chi connectivity index (χ3n) is 6.11. The van der Waals surface area contributed by atoms with Crippen molar-refractivity contribution in [3.8, 4) is 0 Å². The lowest BCUT2D eigenvalue weighted by atomic mass is 9.80. The SMILES string of the molecule is CN(C)C1(CNc2c(NCC(=O)N3CCCC3)c(=O)c2=O)CCCCC1. The number of nitrogens with zero attached hydrogens (tertiary/aromatic N) is 2. The van der Waals surface area contributed by atoms with Gasteiger partial charge in [0.1, 0.15) is 11.4 Å². The predicted octanol–water partition coefficient (Wildman–Crippen LogP) is 0.993. The van der Waals surface area contributed by atoms with Crippen LogP contribution in [0.4, 0.5) is 11.4 Å². The molecule has 3 rings (SSSR count). The second kappa shape index (κ2) is 7.78. The number of likely N-dealkylation sites (N-methyl/N-ethyl adjacent to an activating group) is 1. The molecule has 1 aliphatic heterocycles. The van der Waals surface area contributed by atoms with E-state index in [-0.39, 0.29) is 23.7 Å². The molecule has 1 amide bonds. The average Bonchev–Trinajstić information content (AvgIpc) is 3.18. The number of carbonyl (C=O) groups excluding carboxylic acids is 1. The van der Waals surface area contributed by atoms with Crippen molar-refractivity contribution >= 4 is 17.3 Å². The number of carbonyl (C=O) groups is 1. The Kier molecular flexibility index (Phi) is 5.65. The molecule has 7 nitrogen and oxygen atoms in total. The van der Waals surface area contributed by atoms with Crippen LogP contribution in [-0.2, 0) is 4.79 Å². The molecule has 1 aromatic rings. The Bertz CT molecular complexity index is 709. The van der Waals surface area contributed by atoms with Crippen molar-refractivity contribution < 1.29 is 4.79 Å². The summed E-state index contributed by atoms with van der Waals surface area (Å²) >= 11 is 0. The van der Waals surface area contributed by atoms with Gasteiger partial charge in [0, 0.05) is 25.2 Å². The highest BCUT2D eigenvalue weighted by Crippen LogP contribution is 2.32. The molecule has 1 saturated heterocycles. The molecule has 7 heteroatoms. The van der Waals surface area contributed by atoms with Crippen molar-refractivity contribution in [2.24, 2.45) is 0 Å². The molecule has 0 aromatic heterocycles. The van der Waals surface area contributed by atoms with E-state index in [9.17, 15) is 14.4 Å². The summed E-state index contributed by atoms with van der Waals surface area (Å²) in [5.74, 6) is -0.0152. The van der Waals surface area contributed by atoms with Crippen molar-refractivity contribution in [1.29, 1.82) is 0 Å². The van der Waals surface area contributed by atoms with Crippen molar-refractivity contribution in [1.82, 2.24) is 9.80 Å². The van der Waals surface area contributed by atoms with Crippen LogP contribution in [0.1, 0.15) is 44.9 Å². The molecule has 2 N–H and O–H groups in total. The standard InChI is InChI=1S/C19H30N4O3/c1-22(2)19(8-4-3-5-9-19)13-21-16-15(17(25)18(16)26)20-12-14(24)23-10-6-7-11-23/h20-21H,3-13H2,1-2H3. The summed E-state index contributed by atoms with van der Waals surface area (Å²) in [4.78, 5) is 40.1. The molecule has 26 heavy (non-hydrogen) atoms. The van der Waals surface area contributed by atoms with Crippen molar-refractivity contribution in [2.75, 3.05) is 50.9 Å². The minimum atomic E-state index is -0.524. The van der Waals surface area contributed by atoms with E-state index < -0.39 is 10.9 Å². The fourth-order valence-corrected chi connectivity index (χ4v) is 4.22. The van der Waals surface area contributed by atoms with Gasteiger partial charge in [0.25, 0.3) is 10.9 Å². The second-order valence-electron chi connectivity index (χ2n) is 7.88. The van der Waals surface area contributed by atoms with Gasteiger partial charge in [0.05, 0.1) is 6.54 Å². The largest absolute Gasteiger partial charge is 0.378 e. The highest BCUT2D eigenvalue weighted by Gasteiger charge is 2.35. The van der Waals surface area contributed by atoms with Crippen molar-refractivity contribution in [3.63, 3.8) is 0 Å².